The number of halogens is 2. The smallest absolute Gasteiger partial charge is 0.311 e. The lowest BCUT2D eigenvalue weighted by atomic mass is 10.3. The first-order chi connectivity index (χ1) is 11.0. The summed E-state index contributed by atoms with van der Waals surface area (Å²) in [5, 5.41) is 12.0. The Hall–Kier alpha value is -2.05. The van der Waals surface area contributed by atoms with Gasteiger partial charge in [0.25, 0.3) is 0 Å². The summed E-state index contributed by atoms with van der Waals surface area (Å²) in [6.07, 6.45) is 2.21. The van der Waals surface area contributed by atoms with Crippen LogP contribution < -0.4 is 9.64 Å². The molecule has 6 nitrogen and oxygen atoms in total. The van der Waals surface area contributed by atoms with Crippen LogP contribution in [0.4, 0.5) is 11.5 Å². The molecule has 0 N–H and O–H groups in total. The Morgan fingerprint density at radius 1 is 1.30 bits per heavy atom. The molecule has 1 aromatic carbocycles. The predicted octanol–water partition coefficient (Wildman–Crippen LogP) is 3.95. The highest BCUT2D eigenvalue weighted by Gasteiger charge is 2.29. The van der Waals surface area contributed by atoms with E-state index in [4.69, 9.17) is 27.9 Å². The minimum absolute atomic E-state index is 0.00249. The number of benzene rings is 1. The van der Waals surface area contributed by atoms with Crippen LogP contribution in [0.25, 0.3) is 0 Å². The van der Waals surface area contributed by atoms with Crippen LogP contribution in [0, 0.1) is 10.1 Å². The average molecular weight is 354 g/mol. The Labute approximate surface area is 142 Å². The van der Waals surface area contributed by atoms with Crippen molar-refractivity contribution in [3.05, 3.63) is 56.7 Å². The third kappa shape index (κ3) is 3.48. The molecule has 0 amide bonds. The first kappa shape index (κ1) is 15.8. The molecule has 3 rings (SSSR count). The zero-order chi connectivity index (χ0) is 16.4. The van der Waals surface area contributed by atoms with Crippen LogP contribution in [-0.2, 0) is 0 Å². The van der Waals surface area contributed by atoms with Gasteiger partial charge in [0, 0.05) is 31.3 Å². The molecule has 8 heteroatoms. The number of hydrogen-bond donors (Lipinski definition) is 0. The van der Waals surface area contributed by atoms with Crippen LogP contribution >= 0.6 is 23.2 Å². The Kier molecular flexibility index (Phi) is 4.54. The van der Waals surface area contributed by atoms with E-state index in [1.54, 1.807) is 30.5 Å². The highest BCUT2D eigenvalue weighted by atomic mass is 35.5. The number of aromatic nitrogens is 1. The standard InChI is InChI=1S/C15H13Cl2N3O3/c16-12-4-3-10(8-13(12)17)23-11-5-7-19(9-11)15-14(20(21)22)2-1-6-18-15/h1-4,6,8,11H,5,7,9H2. The molecule has 1 aliphatic rings. The Morgan fingerprint density at radius 3 is 2.87 bits per heavy atom. The quantitative estimate of drug-likeness (QED) is 0.614. The molecule has 0 radical (unpaired) electrons. The van der Waals surface area contributed by atoms with Gasteiger partial charge in [0.15, 0.2) is 0 Å². The molecule has 0 bridgehead atoms. The molecule has 23 heavy (non-hydrogen) atoms. The fourth-order valence-corrected chi connectivity index (χ4v) is 2.82. The van der Waals surface area contributed by atoms with Crippen molar-refractivity contribution in [1.82, 2.24) is 4.98 Å². The maximum atomic E-state index is 11.1. The van der Waals surface area contributed by atoms with Crippen LogP contribution in [0.3, 0.4) is 0 Å². The summed E-state index contributed by atoms with van der Waals surface area (Å²) in [4.78, 5) is 16.7. The van der Waals surface area contributed by atoms with E-state index in [0.29, 0.717) is 34.7 Å². The van der Waals surface area contributed by atoms with E-state index in [9.17, 15) is 10.1 Å². The van der Waals surface area contributed by atoms with E-state index < -0.39 is 4.92 Å². The number of ether oxygens (including phenoxy) is 1. The van der Waals surface area contributed by atoms with Crippen LogP contribution in [0.5, 0.6) is 5.75 Å². The fourth-order valence-electron chi connectivity index (χ4n) is 2.53. The van der Waals surface area contributed by atoms with Gasteiger partial charge in [-0.2, -0.15) is 0 Å². The molecule has 1 saturated heterocycles. The number of nitrogens with zero attached hydrogens (tertiary/aromatic N) is 3. The maximum Gasteiger partial charge on any atom is 0.311 e. The highest BCUT2D eigenvalue weighted by molar-refractivity contribution is 6.42. The number of anilines is 1. The molecule has 1 fully saturated rings. The summed E-state index contributed by atoms with van der Waals surface area (Å²) < 4.78 is 5.88. The molecule has 0 aliphatic carbocycles. The summed E-state index contributed by atoms with van der Waals surface area (Å²) in [6.45, 7) is 1.17. The van der Waals surface area contributed by atoms with Crippen LogP contribution in [0.2, 0.25) is 10.0 Å². The zero-order valence-corrected chi connectivity index (χ0v) is 13.5. The van der Waals surface area contributed by atoms with Gasteiger partial charge >= 0.3 is 5.69 Å². The van der Waals surface area contributed by atoms with E-state index in [2.05, 4.69) is 4.98 Å². The molecule has 2 heterocycles. The second-order valence-corrected chi connectivity index (χ2v) is 5.97. The van der Waals surface area contributed by atoms with E-state index in [0.717, 1.165) is 6.42 Å². The number of hydrogen-bond acceptors (Lipinski definition) is 5. The first-order valence-corrected chi connectivity index (χ1v) is 7.76. The van der Waals surface area contributed by atoms with Gasteiger partial charge in [-0.3, -0.25) is 10.1 Å². The molecule has 120 valence electrons. The minimum Gasteiger partial charge on any atom is -0.488 e. The van der Waals surface area contributed by atoms with Crippen LogP contribution in [0.15, 0.2) is 36.5 Å². The lowest BCUT2D eigenvalue weighted by molar-refractivity contribution is -0.384. The topological polar surface area (TPSA) is 68.5 Å². The maximum absolute atomic E-state index is 11.1. The Bertz CT molecular complexity index is 742. The SMILES string of the molecule is O=[N+]([O-])c1cccnc1N1CCC(Oc2ccc(Cl)c(Cl)c2)C1. The lowest BCUT2D eigenvalue weighted by Crippen LogP contribution is -2.25. The van der Waals surface area contributed by atoms with Gasteiger partial charge in [-0.25, -0.2) is 4.98 Å². The van der Waals surface area contributed by atoms with E-state index in [-0.39, 0.29) is 11.8 Å². The van der Waals surface area contributed by atoms with Gasteiger partial charge in [-0.1, -0.05) is 23.2 Å². The van der Waals surface area contributed by atoms with E-state index in [1.807, 2.05) is 4.90 Å². The van der Waals surface area contributed by atoms with Crippen LogP contribution in [0.1, 0.15) is 6.42 Å². The summed E-state index contributed by atoms with van der Waals surface area (Å²) in [5.74, 6) is 1.000. The molecule has 2 aromatic rings. The summed E-state index contributed by atoms with van der Waals surface area (Å²) in [5.41, 5.74) is 0.00249. The largest absolute Gasteiger partial charge is 0.488 e. The molecular weight excluding hydrogens is 341 g/mol. The molecule has 1 atom stereocenters. The number of pyridine rings is 1. The fraction of sp³-hybridized carbons (Fsp3) is 0.267. The average Bonchev–Trinajstić information content (AvgIpc) is 2.99. The Balaban J connectivity index is 1.71. The normalized spacial score (nSPS) is 17.3. The minimum atomic E-state index is -0.421. The molecular formula is C15H13Cl2N3O3. The zero-order valence-electron chi connectivity index (χ0n) is 12.0. The van der Waals surface area contributed by atoms with Crippen molar-refractivity contribution in [2.24, 2.45) is 0 Å². The molecule has 0 saturated carbocycles. The third-order valence-corrected chi connectivity index (χ3v) is 4.34. The Morgan fingerprint density at radius 2 is 2.13 bits per heavy atom. The molecule has 1 aliphatic heterocycles. The van der Waals surface area contributed by atoms with Gasteiger partial charge in [-0.05, 0) is 18.2 Å². The first-order valence-electron chi connectivity index (χ1n) is 7.00. The van der Waals surface area contributed by atoms with Gasteiger partial charge in [-0.15, -0.1) is 0 Å². The van der Waals surface area contributed by atoms with Crippen LogP contribution in [-0.4, -0.2) is 29.1 Å². The molecule has 1 aromatic heterocycles. The summed E-state index contributed by atoms with van der Waals surface area (Å²) >= 11 is 11.9. The van der Waals surface area contributed by atoms with Crippen molar-refractivity contribution < 1.29 is 9.66 Å². The summed E-state index contributed by atoms with van der Waals surface area (Å²) in [6, 6.07) is 8.10. The monoisotopic (exact) mass is 353 g/mol. The van der Waals surface area contributed by atoms with Crippen molar-refractivity contribution in [2.75, 3.05) is 18.0 Å². The molecule has 1 unspecified atom stereocenters. The van der Waals surface area contributed by atoms with Crippen molar-refractivity contribution in [3.63, 3.8) is 0 Å². The van der Waals surface area contributed by atoms with Gasteiger partial charge in [0.05, 0.1) is 21.5 Å². The van der Waals surface area contributed by atoms with E-state index in [1.165, 1.54) is 6.07 Å². The second-order valence-electron chi connectivity index (χ2n) is 5.15. The second kappa shape index (κ2) is 6.60. The van der Waals surface area contributed by atoms with Crippen molar-refractivity contribution in [1.29, 1.82) is 0 Å². The van der Waals surface area contributed by atoms with Crippen molar-refractivity contribution in [2.45, 2.75) is 12.5 Å². The molecule has 0 spiro atoms. The lowest BCUT2D eigenvalue weighted by Gasteiger charge is -2.18. The van der Waals surface area contributed by atoms with Crippen molar-refractivity contribution in [3.8, 4) is 5.75 Å². The number of rotatable bonds is 4. The highest BCUT2D eigenvalue weighted by Crippen LogP contribution is 2.31. The predicted molar refractivity (Wildman–Crippen MR) is 88.6 cm³/mol. The third-order valence-electron chi connectivity index (χ3n) is 3.60. The van der Waals surface area contributed by atoms with Gasteiger partial charge in [0.2, 0.25) is 5.82 Å². The number of nitro groups is 1. The van der Waals surface area contributed by atoms with Crippen molar-refractivity contribution >= 4 is 34.7 Å². The summed E-state index contributed by atoms with van der Waals surface area (Å²) in [7, 11) is 0. The van der Waals surface area contributed by atoms with Gasteiger partial charge < -0.3 is 9.64 Å². The van der Waals surface area contributed by atoms with E-state index >= 15 is 0 Å². The van der Waals surface area contributed by atoms with Gasteiger partial charge in [0.1, 0.15) is 11.9 Å².